The first-order chi connectivity index (χ1) is 8.20. The minimum atomic E-state index is -0.965. The standard InChI is InChI=1S/C12H18N2O3/c13-10(12(16)14-5-1-2-6-14)11(15)9-4-3-7-17-8-9/h3,7-8,10-11,15H,1-2,4-6,13H2/t10-,11+/m1/s1. The highest BCUT2D eigenvalue weighted by molar-refractivity contribution is 5.83. The Bertz CT molecular complexity index is 346. The SMILES string of the molecule is N[C@@H](C(=O)N1CCCC1)[C@@H](O)C1=COC=CC1. The molecule has 17 heavy (non-hydrogen) atoms. The van der Waals surface area contributed by atoms with Gasteiger partial charge in [0.2, 0.25) is 5.91 Å². The predicted octanol–water partition coefficient (Wildman–Crippen LogP) is 0.115. The molecule has 1 fully saturated rings. The van der Waals surface area contributed by atoms with Crippen molar-refractivity contribution in [2.24, 2.45) is 5.73 Å². The zero-order valence-electron chi connectivity index (χ0n) is 9.71. The van der Waals surface area contributed by atoms with Crippen LogP contribution in [-0.4, -0.2) is 41.1 Å². The maximum absolute atomic E-state index is 12.0. The van der Waals surface area contributed by atoms with Gasteiger partial charge in [-0.05, 0) is 30.9 Å². The van der Waals surface area contributed by atoms with E-state index in [0.29, 0.717) is 12.0 Å². The van der Waals surface area contributed by atoms with Gasteiger partial charge in [-0.25, -0.2) is 0 Å². The van der Waals surface area contributed by atoms with Crippen LogP contribution in [0.15, 0.2) is 24.2 Å². The third-order valence-electron chi connectivity index (χ3n) is 3.17. The van der Waals surface area contributed by atoms with Crippen LogP contribution < -0.4 is 5.73 Å². The first-order valence-electron chi connectivity index (χ1n) is 5.92. The summed E-state index contributed by atoms with van der Waals surface area (Å²) in [4.78, 5) is 13.7. The summed E-state index contributed by atoms with van der Waals surface area (Å²) in [5.74, 6) is -0.176. The molecule has 5 nitrogen and oxygen atoms in total. The molecule has 2 aliphatic rings. The lowest BCUT2D eigenvalue weighted by atomic mass is 10.00. The zero-order valence-corrected chi connectivity index (χ0v) is 9.71. The second-order valence-corrected chi connectivity index (χ2v) is 4.41. The van der Waals surface area contributed by atoms with E-state index < -0.39 is 12.1 Å². The van der Waals surface area contributed by atoms with Crippen LogP contribution in [0.25, 0.3) is 0 Å². The zero-order chi connectivity index (χ0) is 12.3. The number of carbonyl (C=O) groups excluding carboxylic acids is 1. The highest BCUT2D eigenvalue weighted by Crippen LogP contribution is 2.17. The molecule has 1 saturated heterocycles. The van der Waals surface area contributed by atoms with Crippen LogP contribution in [-0.2, 0) is 9.53 Å². The number of allylic oxidation sites excluding steroid dienone is 1. The van der Waals surface area contributed by atoms with Crippen molar-refractivity contribution < 1.29 is 14.6 Å². The lowest BCUT2D eigenvalue weighted by molar-refractivity contribution is -0.133. The fourth-order valence-corrected chi connectivity index (χ4v) is 2.12. The van der Waals surface area contributed by atoms with Gasteiger partial charge in [-0.1, -0.05) is 0 Å². The number of hydrogen-bond acceptors (Lipinski definition) is 4. The van der Waals surface area contributed by atoms with Crippen molar-refractivity contribution in [1.29, 1.82) is 0 Å². The van der Waals surface area contributed by atoms with Crippen molar-refractivity contribution in [3.05, 3.63) is 24.2 Å². The first kappa shape index (κ1) is 12.1. The number of ether oxygens (including phenoxy) is 1. The molecule has 2 aliphatic heterocycles. The molecule has 0 spiro atoms. The molecule has 3 N–H and O–H groups in total. The minimum absolute atomic E-state index is 0.176. The Morgan fingerprint density at radius 2 is 2.18 bits per heavy atom. The van der Waals surface area contributed by atoms with Crippen molar-refractivity contribution in [2.45, 2.75) is 31.4 Å². The summed E-state index contributed by atoms with van der Waals surface area (Å²) in [5.41, 5.74) is 6.46. The van der Waals surface area contributed by atoms with Gasteiger partial charge < -0.3 is 20.5 Å². The van der Waals surface area contributed by atoms with Crippen LogP contribution in [0, 0.1) is 0 Å². The molecule has 2 atom stereocenters. The number of amides is 1. The molecule has 0 unspecified atom stereocenters. The number of likely N-dealkylation sites (tertiary alicyclic amines) is 1. The molecule has 0 saturated carbocycles. The third-order valence-corrected chi connectivity index (χ3v) is 3.17. The summed E-state index contributed by atoms with van der Waals surface area (Å²) in [7, 11) is 0. The minimum Gasteiger partial charge on any atom is -0.473 e. The molecular weight excluding hydrogens is 220 g/mol. The van der Waals surface area contributed by atoms with Crippen molar-refractivity contribution in [3.8, 4) is 0 Å². The van der Waals surface area contributed by atoms with Crippen LogP contribution in [0.5, 0.6) is 0 Å². The molecule has 0 aliphatic carbocycles. The first-order valence-corrected chi connectivity index (χ1v) is 5.92. The van der Waals surface area contributed by atoms with E-state index in [9.17, 15) is 9.90 Å². The summed E-state index contributed by atoms with van der Waals surface area (Å²) >= 11 is 0. The van der Waals surface area contributed by atoms with Gasteiger partial charge in [0.05, 0.1) is 12.5 Å². The quantitative estimate of drug-likeness (QED) is 0.732. The van der Waals surface area contributed by atoms with E-state index >= 15 is 0 Å². The number of rotatable bonds is 3. The third kappa shape index (κ3) is 2.68. The summed E-state index contributed by atoms with van der Waals surface area (Å²) in [6, 6.07) is -0.894. The van der Waals surface area contributed by atoms with Gasteiger partial charge in [0.15, 0.2) is 0 Å². The van der Waals surface area contributed by atoms with Gasteiger partial charge in [-0.2, -0.15) is 0 Å². The number of aliphatic hydroxyl groups excluding tert-OH is 1. The molecule has 0 aromatic heterocycles. The van der Waals surface area contributed by atoms with Gasteiger partial charge in [-0.15, -0.1) is 0 Å². The van der Waals surface area contributed by atoms with Crippen LogP contribution in [0.3, 0.4) is 0 Å². The lowest BCUT2D eigenvalue weighted by Gasteiger charge is -2.25. The normalized spacial score (nSPS) is 22.9. The van der Waals surface area contributed by atoms with E-state index in [1.54, 1.807) is 17.2 Å². The van der Waals surface area contributed by atoms with Crippen LogP contribution in [0.1, 0.15) is 19.3 Å². The molecule has 1 amide bonds. The van der Waals surface area contributed by atoms with Crippen molar-refractivity contribution >= 4 is 5.91 Å². The Balaban J connectivity index is 1.96. The van der Waals surface area contributed by atoms with Crippen molar-refractivity contribution in [2.75, 3.05) is 13.1 Å². The Hall–Kier alpha value is -1.33. The van der Waals surface area contributed by atoms with Crippen molar-refractivity contribution in [1.82, 2.24) is 4.90 Å². The Labute approximate surface area is 101 Å². The number of nitrogens with zero attached hydrogens (tertiary/aromatic N) is 1. The average molecular weight is 238 g/mol. The fourth-order valence-electron chi connectivity index (χ4n) is 2.12. The molecule has 94 valence electrons. The Morgan fingerprint density at radius 3 is 2.76 bits per heavy atom. The smallest absolute Gasteiger partial charge is 0.242 e. The molecule has 2 heterocycles. The summed E-state index contributed by atoms with van der Waals surface area (Å²) < 4.78 is 4.98. The highest BCUT2D eigenvalue weighted by atomic mass is 16.5. The number of hydrogen-bond donors (Lipinski definition) is 2. The summed E-state index contributed by atoms with van der Waals surface area (Å²) in [5, 5.41) is 10.0. The Kier molecular flexibility index (Phi) is 3.81. The largest absolute Gasteiger partial charge is 0.473 e. The van der Waals surface area contributed by atoms with Gasteiger partial charge >= 0.3 is 0 Å². The van der Waals surface area contributed by atoms with Crippen molar-refractivity contribution in [3.63, 3.8) is 0 Å². The predicted molar refractivity (Wildman–Crippen MR) is 62.7 cm³/mol. The maximum Gasteiger partial charge on any atom is 0.242 e. The average Bonchev–Trinajstić information content (AvgIpc) is 2.91. The molecule has 0 aromatic carbocycles. The van der Waals surface area contributed by atoms with Gasteiger partial charge in [0, 0.05) is 13.1 Å². The molecule has 5 heteroatoms. The number of aliphatic hydroxyl groups is 1. The summed E-state index contributed by atoms with van der Waals surface area (Å²) in [6.45, 7) is 1.49. The summed E-state index contributed by atoms with van der Waals surface area (Å²) in [6.07, 6.45) is 6.43. The van der Waals surface area contributed by atoms with E-state index in [4.69, 9.17) is 10.5 Å². The highest BCUT2D eigenvalue weighted by Gasteiger charge is 2.30. The van der Waals surface area contributed by atoms with Crippen LogP contribution >= 0.6 is 0 Å². The van der Waals surface area contributed by atoms with E-state index in [1.807, 2.05) is 0 Å². The molecule has 2 rings (SSSR count). The molecule has 0 aromatic rings. The second-order valence-electron chi connectivity index (χ2n) is 4.41. The van der Waals surface area contributed by atoms with Crippen LogP contribution in [0.4, 0.5) is 0 Å². The fraction of sp³-hybridized carbons (Fsp3) is 0.583. The monoisotopic (exact) mass is 238 g/mol. The van der Waals surface area contributed by atoms with Gasteiger partial charge in [0.1, 0.15) is 12.1 Å². The topological polar surface area (TPSA) is 75.8 Å². The second kappa shape index (κ2) is 5.33. The molecular formula is C12H18N2O3. The number of nitrogens with two attached hydrogens (primary N) is 1. The van der Waals surface area contributed by atoms with Gasteiger partial charge in [-0.3, -0.25) is 4.79 Å². The van der Waals surface area contributed by atoms with E-state index in [2.05, 4.69) is 0 Å². The number of carbonyl (C=O) groups is 1. The molecule has 0 bridgehead atoms. The Morgan fingerprint density at radius 1 is 1.47 bits per heavy atom. The maximum atomic E-state index is 12.0. The van der Waals surface area contributed by atoms with E-state index in [1.165, 1.54) is 6.26 Å². The van der Waals surface area contributed by atoms with Crippen LogP contribution in [0.2, 0.25) is 0 Å². The molecule has 0 radical (unpaired) electrons. The van der Waals surface area contributed by atoms with E-state index in [0.717, 1.165) is 25.9 Å². The van der Waals surface area contributed by atoms with Gasteiger partial charge in [0.25, 0.3) is 0 Å². The lowest BCUT2D eigenvalue weighted by Crippen LogP contribution is -2.50. The van der Waals surface area contributed by atoms with E-state index in [-0.39, 0.29) is 5.91 Å².